The maximum Gasteiger partial charge on any atom is 0.201 e. The Morgan fingerprint density at radius 2 is 1.33 bits per heavy atom. The van der Waals surface area contributed by atoms with Crippen molar-refractivity contribution in [1.29, 1.82) is 0 Å². The molecule has 18 heavy (non-hydrogen) atoms. The second kappa shape index (κ2) is 4.08. The number of hydrogen-bond donors (Lipinski definition) is 0. The van der Waals surface area contributed by atoms with Gasteiger partial charge in [0.2, 0.25) is 5.82 Å². The van der Waals surface area contributed by atoms with Gasteiger partial charge in [0, 0.05) is 5.39 Å². The highest BCUT2D eigenvalue weighted by Gasteiger charge is 2.26. The Balaban J connectivity index is 3.11. The molecule has 7 heteroatoms. The van der Waals surface area contributed by atoms with Gasteiger partial charge in [0.05, 0.1) is 12.5 Å². The topological polar surface area (TPSA) is 9.23 Å². The van der Waals surface area contributed by atoms with Gasteiger partial charge in [0.15, 0.2) is 34.8 Å². The molecule has 0 aliphatic heterocycles. The van der Waals surface area contributed by atoms with Crippen molar-refractivity contribution in [3.8, 4) is 5.75 Å². The Bertz CT molecular complexity index is 652. The van der Waals surface area contributed by atoms with Crippen LogP contribution in [0.15, 0.2) is 6.07 Å². The molecule has 96 valence electrons. The van der Waals surface area contributed by atoms with Gasteiger partial charge in [-0.15, -0.1) is 0 Å². The lowest BCUT2D eigenvalue weighted by molar-refractivity contribution is 0.371. The van der Waals surface area contributed by atoms with Gasteiger partial charge >= 0.3 is 0 Å². The summed E-state index contributed by atoms with van der Waals surface area (Å²) in [5.74, 6) is -12.1. The normalized spacial score (nSPS) is 11.1. The molecule has 0 atom stereocenters. The molecule has 0 bridgehead atoms. The lowest BCUT2D eigenvalue weighted by Crippen LogP contribution is -2.02. The summed E-state index contributed by atoms with van der Waals surface area (Å²) in [6.07, 6.45) is 0. The van der Waals surface area contributed by atoms with Gasteiger partial charge in [-0.2, -0.15) is 4.39 Å². The molecule has 0 heterocycles. The lowest BCUT2D eigenvalue weighted by atomic mass is 10.1. The zero-order chi connectivity index (χ0) is 13.6. The quantitative estimate of drug-likeness (QED) is 0.434. The molecule has 0 saturated heterocycles. The van der Waals surface area contributed by atoms with E-state index in [1.54, 1.807) is 0 Å². The fourth-order valence-electron chi connectivity index (χ4n) is 1.61. The van der Waals surface area contributed by atoms with Gasteiger partial charge in [-0.1, -0.05) is 0 Å². The van der Waals surface area contributed by atoms with E-state index in [4.69, 9.17) is 0 Å². The van der Waals surface area contributed by atoms with Crippen LogP contribution in [0.5, 0.6) is 5.75 Å². The monoisotopic (exact) mass is 266 g/mol. The maximum absolute atomic E-state index is 13.4. The van der Waals surface area contributed by atoms with Crippen molar-refractivity contribution in [3.63, 3.8) is 0 Å². The third kappa shape index (κ3) is 1.50. The second-order valence-electron chi connectivity index (χ2n) is 3.38. The minimum Gasteiger partial charge on any atom is -0.493 e. The van der Waals surface area contributed by atoms with Crippen LogP contribution < -0.4 is 4.74 Å². The summed E-state index contributed by atoms with van der Waals surface area (Å²) >= 11 is 0. The van der Waals surface area contributed by atoms with E-state index >= 15 is 0 Å². The van der Waals surface area contributed by atoms with Crippen LogP contribution in [0.25, 0.3) is 10.8 Å². The Kier molecular flexibility index (Phi) is 2.84. The van der Waals surface area contributed by atoms with Gasteiger partial charge < -0.3 is 4.74 Å². The molecule has 0 spiro atoms. The van der Waals surface area contributed by atoms with Crippen molar-refractivity contribution >= 4 is 10.8 Å². The molecular weight excluding hydrogens is 262 g/mol. The predicted molar refractivity (Wildman–Crippen MR) is 50.2 cm³/mol. The summed E-state index contributed by atoms with van der Waals surface area (Å²) in [4.78, 5) is 0. The van der Waals surface area contributed by atoms with E-state index in [9.17, 15) is 26.3 Å². The zero-order valence-electron chi connectivity index (χ0n) is 8.75. The maximum atomic E-state index is 13.4. The third-order valence-corrected chi connectivity index (χ3v) is 2.41. The van der Waals surface area contributed by atoms with E-state index in [1.807, 2.05) is 0 Å². The lowest BCUT2D eigenvalue weighted by Gasteiger charge is -2.10. The number of rotatable bonds is 1. The molecular formula is C11H4F6O. The average Bonchev–Trinajstić information content (AvgIpc) is 2.36. The van der Waals surface area contributed by atoms with Crippen LogP contribution >= 0.6 is 0 Å². The van der Waals surface area contributed by atoms with E-state index in [2.05, 4.69) is 4.74 Å². The summed E-state index contributed by atoms with van der Waals surface area (Å²) in [6, 6.07) is 0.230. The SMILES string of the molecule is COc1c(F)c(F)cc2c(F)c(F)c(F)c(F)c12. The number of benzene rings is 2. The van der Waals surface area contributed by atoms with E-state index in [0.717, 1.165) is 7.11 Å². The first-order chi connectivity index (χ1) is 8.40. The van der Waals surface area contributed by atoms with E-state index in [-0.39, 0.29) is 6.07 Å². The van der Waals surface area contributed by atoms with Crippen molar-refractivity contribution in [2.45, 2.75) is 0 Å². The van der Waals surface area contributed by atoms with Crippen LogP contribution in [-0.4, -0.2) is 7.11 Å². The molecule has 0 aromatic heterocycles. The highest BCUT2D eigenvalue weighted by molar-refractivity contribution is 5.90. The molecule has 0 radical (unpaired) electrons. The molecule has 0 unspecified atom stereocenters. The van der Waals surface area contributed by atoms with Crippen molar-refractivity contribution in [2.75, 3.05) is 7.11 Å². The fraction of sp³-hybridized carbons (Fsp3) is 0.0909. The zero-order valence-corrected chi connectivity index (χ0v) is 8.75. The van der Waals surface area contributed by atoms with Crippen LogP contribution in [0, 0.1) is 34.9 Å². The van der Waals surface area contributed by atoms with E-state index in [0.29, 0.717) is 0 Å². The fourth-order valence-corrected chi connectivity index (χ4v) is 1.61. The van der Waals surface area contributed by atoms with E-state index < -0.39 is 51.4 Å². The summed E-state index contributed by atoms with van der Waals surface area (Å²) in [5.41, 5.74) is 0. The standard InChI is InChI=1S/C11H4F6O/c1-18-11-5-3(2-4(12)7(11)14)6(13)9(16)10(17)8(5)15/h2H,1H3. The van der Waals surface area contributed by atoms with Crippen LogP contribution in [-0.2, 0) is 0 Å². The molecule has 1 nitrogen and oxygen atoms in total. The molecule has 2 aromatic rings. The number of fused-ring (bicyclic) bond motifs is 1. The number of ether oxygens (including phenoxy) is 1. The minimum atomic E-state index is -2.12. The van der Waals surface area contributed by atoms with Gasteiger partial charge in [0.1, 0.15) is 0 Å². The molecule has 0 amide bonds. The van der Waals surface area contributed by atoms with Gasteiger partial charge in [-0.05, 0) is 6.07 Å². The minimum absolute atomic E-state index is 0.230. The van der Waals surface area contributed by atoms with Crippen LogP contribution in [0.2, 0.25) is 0 Å². The Morgan fingerprint density at radius 3 is 1.89 bits per heavy atom. The van der Waals surface area contributed by atoms with Crippen LogP contribution in [0.3, 0.4) is 0 Å². The number of halogens is 6. The van der Waals surface area contributed by atoms with Gasteiger partial charge in [0.25, 0.3) is 0 Å². The van der Waals surface area contributed by atoms with Gasteiger partial charge in [-0.3, -0.25) is 0 Å². The number of methoxy groups -OCH3 is 1. The summed E-state index contributed by atoms with van der Waals surface area (Å²) in [7, 11) is 0.857. The van der Waals surface area contributed by atoms with Gasteiger partial charge in [-0.25, -0.2) is 22.0 Å². The number of hydrogen-bond acceptors (Lipinski definition) is 1. The molecule has 0 aliphatic carbocycles. The molecule has 0 aliphatic rings. The van der Waals surface area contributed by atoms with Crippen molar-refractivity contribution in [1.82, 2.24) is 0 Å². The van der Waals surface area contributed by atoms with Crippen molar-refractivity contribution < 1.29 is 31.1 Å². The Labute approximate surface area is 96.6 Å². The van der Waals surface area contributed by atoms with Crippen molar-refractivity contribution in [3.05, 3.63) is 41.0 Å². The Hall–Kier alpha value is -1.92. The highest BCUT2D eigenvalue weighted by Crippen LogP contribution is 2.36. The first kappa shape index (κ1) is 12.5. The molecule has 0 N–H and O–H groups in total. The average molecular weight is 266 g/mol. The Morgan fingerprint density at radius 1 is 0.778 bits per heavy atom. The van der Waals surface area contributed by atoms with Crippen molar-refractivity contribution in [2.24, 2.45) is 0 Å². The molecule has 2 rings (SSSR count). The molecule has 0 fully saturated rings. The third-order valence-electron chi connectivity index (χ3n) is 2.41. The summed E-state index contributed by atoms with van der Waals surface area (Å²) < 4.78 is 83.4. The largest absolute Gasteiger partial charge is 0.493 e. The molecule has 2 aromatic carbocycles. The summed E-state index contributed by atoms with van der Waals surface area (Å²) in [5, 5.41) is -1.94. The predicted octanol–water partition coefficient (Wildman–Crippen LogP) is 3.68. The smallest absolute Gasteiger partial charge is 0.201 e. The second-order valence-corrected chi connectivity index (χ2v) is 3.38. The summed E-state index contributed by atoms with van der Waals surface area (Å²) in [6.45, 7) is 0. The van der Waals surface area contributed by atoms with E-state index in [1.165, 1.54) is 0 Å². The molecule has 0 saturated carbocycles. The first-order valence-corrected chi connectivity index (χ1v) is 4.57. The van der Waals surface area contributed by atoms with Crippen LogP contribution in [0.1, 0.15) is 0 Å². The first-order valence-electron chi connectivity index (χ1n) is 4.57. The highest BCUT2D eigenvalue weighted by atomic mass is 19.2. The van der Waals surface area contributed by atoms with Crippen LogP contribution in [0.4, 0.5) is 26.3 Å².